The van der Waals surface area contributed by atoms with Gasteiger partial charge in [-0.2, -0.15) is 0 Å². The molecule has 1 amide bonds. The first kappa shape index (κ1) is 6.70. The summed E-state index contributed by atoms with van der Waals surface area (Å²) in [6.45, 7) is 0.584. The Bertz CT molecular complexity index is 200. The quantitative estimate of drug-likeness (QED) is 0.528. The minimum Gasteiger partial charge on any atom is -0.449 e. The summed E-state index contributed by atoms with van der Waals surface area (Å²) in [5.41, 5.74) is 0. The summed E-state index contributed by atoms with van der Waals surface area (Å²) in [4.78, 5) is 10.8. The number of hydrogen-bond acceptors (Lipinski definition) is 2. The Morgan fingerprint density at radius 2 is 2.27 bits per heavy atom. The van der Waals surface area contributed by atoms with Crippen LogP contribution in [0, 0.1) is 5.92 Å². The van der Waals surface area contributed by atoms with E-state index in [9.17, 15) is 4.79 Å². The molecule has 2 aliphatic rings. The molecular weight excluding hydrogens is 142 g/mol. The summed E-state index contributed by atoms with van der Waals surface area (Å²) in [7, 11) is 0. The molecule has 3 nitrogen and oxygen atoms in total. The highest BCUT2D eigenvalue weighted by Gasteiger charge is 2.29. The average molecular weight is 153 g/mol. The fraction of sp³-hybridized carbons (Fsp3) is 0.625. The molecule has 1 saturated heterocycles. The van der Waals surface area contributed by atoms with E-state index in [0.717, 1.165) is 12.8 Å². The lowest BCUT2D eigenvalue weighted by Crippen LogP contribution is -2.48. The number of alkyl carbamates (subject to hydrolysis) is 1. The van der Waals surface area contributed by atoms with Gasteiger partial charge >= 0.3 is 6.09 Å². The molecule has 0 unspecified atom stereocenters. The highest BCUT2D eigenvalue weighted by Crippen LogP contribution is 2.22. The summed E-state index contributed by atoms with van der Waals surface area (Å²) < 4.78 is 4.86. The van der Waals surface area contributed by atoms with Gasteiger partial charge in [0.05, 0.1) is 6.61 Å². The van der Waals surface area contributed by atoms with Crippen molar-refractivity contribution in [1.82, 2.24) is 5.32 Å². The second kappa shape index (κ2) is 2.57. The van der Waals surface area contributed by atoms with E-state index in [2.05, 4.69) is 17.5 Å². The van der Waals surface area contributed by atoms with E-state index >= 15 is 0 Å². The molecule has 1 heterocycles. The highest BCUT2D eigenvalue weighted by atomic mass is 16.6. The van der Waals surface area contributed by atoms with Gasteiger partial charge in [0.1, 0.15) is 0 Å². The van der Waals surface area contributed by atoms with Crippen molar-refractivity contribution in [1.29, 1.82) is 0 Å². The molecule has 0 radical (unpaired) electrons. The van der Waals surface area contributed by atoms with Crippen molar-refractivity contribution in [3.8, 4) is 0 Å². The third kappa shape index (κ3) is 1.23. The van der Waals surface area contributed by atoms with Crippen LogP contribution in [0.25, 0.3) is 0 Å². The lowest BCUT2D eigenvalue weighted by atomic mass is 9.89. The van der Waals surface area contributed by atoms with Gasteiger partial charge in [0, 0.05) is 12.0 Å². The van der Waals surface area contributed by atoms with Crippen LogP contribution in [0.15, 0.2) is 12.2 Å². The topological polar surface area (TPSA) is 38.3 Å². The standard InChI is InChI=1S/C8H11NO2/c10-8-9-7-4-2-1-3-6(7)5-11-8/h1-2,6-7H,3-5H2,(H,9,10)/t6-,7-/m1/s1. The molecule has 1 N–H and O–H groups in total. The molecule has 0 bridgehead atoms. The molecule has 1 aliphatic heterocycles. The van der Waals surface area contributed by atoms with Crippen LogP contribution in [0.5, 0.6) is 0 Å². The van der Waals surface area contributed by atoms with Crippen molar-refractivity contribution in [3.05, 3.63) is 12.2 Å². The minimum atomic E-state index is -0.262. The van der Waals surface area contributed by atoms with Gasteiger partial charge in [-0.25, -0.2) is 4.79 Å². The minimum absolute atomic E-state index is 0.262. The van der Waals surface area contributed by atoms with Gasteiger partial charge in [0.15, 0.2) is 0 Å². The van der Waals surface area contributed by atoms with E-state index < -0.39 is 0 Å². The predicted octanol–water partition coefficient (Wildman–Crippen LogP) is 1.06. The van der Waals surface area contributed by atoms with Gasteiger partial charge in [-0.15, -0.1) is 0 Å². The number of carbonyl (C=O) groups is 1. The van der Waals surface area contributed by atoms with E-state index in [1.165, 1.54) is 0 Å². The van der Waals surface area contributed by atoms with Crippen LogP contribution < -0.4 is 5.32 Å². The van der Waals surface area contributed by atoms with Crippen LogP contribution >= 0.6 is 0 Å². The Morgan fingerprint density at radius 3 is 3.18 bits per heavy atom. The number of fused-ring (bicyclic) bond motifs is 1. The Kier molecular flexibility index (Phi) is 1.56. The zero-order valence-electron chi connectivity index (χ0n) is 6.25. The summed E-state index contributed by atoms with van der Waals surface area (Å²) in [5, 5.41) is 2.81. The van der Waals surface area contributed by atoms with Gasteiger partial charge in [-0.05, 0) is 12.8 Å². The first-order chi connectivity index (χ1) is 5.36. The van der Waals surface area contributed by atoms with Gasteiger partial charge < -0.3 is 10.1 Å². The van der Waals surface area contributed by atoms with Crippen LogP contribution in [-0.4, -0.2) is 18.7 Å². The maximum atomic E-state index is 10.8. The van der Waals surface area contributed by atoms with Crippen LogP contribution in [0.3, 0.4) is 0 Å². The molecule has 2 atom stereocenters. The molecule has 0 aromatic carbocycles. The molecule has 2 rings (SSSR count). The number of carbonyl (C=O) groups excluding carboxylic acids is 1. The molecule has 0 saturated carbocycles. The first-order valence-electron chi connectivity index (χ1n) is 3.94. The zero-order chi connectivity index (χ0) is 7.68. The summed E-state index contributed by atoms with van der Waals surface area (Å²) in [6, 6.07) is 0.321. The number of hydrogen-bond donors (Lipinski definition) is 1. The molecule has 1 aliphatic carbocycles. The van der Waals surface area contributed by atoms with Crippen molar-refractivity contribution in [2.45, 2.75) is 18.9 Å². The maximum absolute atomic E-state index is 10.8. The van der Waals surface area contributed by atoms with Gasteiger partial charge in [0.25, 0.3) is 0 Å². The molecule has 60 valence electrons. The molecule has 1 fully saturated rings. The number of amides is 1. The molecule has 3 heteroatoms. The SMILES string of the molecule is O=C1N[C@@H]2CC=CC[C@@H]2CO1. The summed E-state index contributed by atoms with van der Waals surface area (Å²) >= 11 is 0. The third-order valence-electron chi connectivity index (χ3n) is 2.30. The molecule has 0 spiro atoms. The van der Waals surface area contributed by atoms with Crippen molar-refractivity contribution < 1.29 is 9.53 Å². The summed E-state index contributed by atoms with van der Waals surface area (Å²) in [6.07, 6.45) is 6.00. The Balaban J connectivity index is 2.06. The van der Waals surface area contributed by atoms with Gasteiger partial charge in [-0.1, -0.05) is 12.2 Å². The third-order valence-corrected chi connectivity index (χ3v) is 2.30. The normalized spacial score (nSPS) is 35.5. The zero-order valence-corrected chi connectivity index (χ0v) is 6.25. The second-order valence-corrected chi connectivity index (χ2v) is 3.05. The molecule has 0 aromatic rings. The van der Waals surface area contributed by atoms with Crippen molar-refractivity contribution in [2.75, 3.05) is 6.61 Å². The lowest BCUT2D eigenvalue weighted by molar-refractivity contribution is 0.0801. The van der Waals surface area contributed by atoms with Crippen LogP contribution in [0.2, 0.25) is 0 Å². The number of cyclic esters (lactones) is 1. The number of ether oxygens (including phenoxy) is 1. The predicted molar refractivity (Wildman–Crippen MR) is 40.1 cm³/mol. The lowest BCUT2D eigenvalue weighted by Gasteiger charge is -2.32. The van der Waals surface area contributed by atoms with E-state index in [1.807, 2.05) is 0 Å². The number of rotatable bonds is 0. The summed E-state index contributed by atoms with van der Waals surface area (Å²) in [5.74, 6) is 0.498. The highest BCUT2D eigenvalue weighted by molar-refractivity contribution is 5.68. The number of nitrogens with one attached hydrogen (secondary N) is 1. The van der Waals surface area contributed by atoms with Crippen LogP contribution in [-0.2, 0) is 4.74 Å². The molecular formula is C8H11NO2. The Morgan fingerprint density at radius 1 is 1.45 bits per heavy atom. The van der Waals surface area contributed by atoms with E-state index in [-0.39, 0.29) is 6.09 Å². The fourth-order valence-electron chi connectivity index (χ4n) is 1.61. The van der Waals surface area contributed by atoms with E-state index in [1.54, 1.807) is 0 Å². The number of allylic oxidation sites excluding steroid dienone is 1. The first-order valence-corrected chi connectivity index (χ1v) is 3.94. The van der Waals surface area contributed by atoms with E-state index in [4.69, 9.17) is 4.74 Å². The second-order valence-electron chi connectivity index (χ2n) is 3.05. The Hall–Kier alpha value is -0.990. The van der Waals surface area contributed by atoms with Gasteiger partial charge in [-0.3, -0.25) is 0 Å². The van der Waals surface area contributed by atoms with Gasteiger partial charge in [0.2, 0.25) is 0 Å². The largest absolute Gasteiger partial charge is 0.449 e. The fourth-order valence-corrected chi connectivity index (χ4v) is 1.61. The van der Waals surface area contributed by atoms with Crippen LogP contribution in [0.4, 0.5) is 4.79 Å². The molecule has 0 aromatic heterocycles. The molecule has 11 heavy (non-hydrogen) atoms. The van der Waals surface area contributed by atoms with Crippen LogP contribution in [0.1, 0.15) is 12.8 Å². The maximum Gasteiger partial charge on any atom is 0.407 e. The Labute approximate surface area is 65.4 Å². The van der Waals surface area contributed by atoms with Crippen molar-refractivity contribution in [3.63, 3.8) is 0 Å². The van der Waals surface area contributed by atoms with E-state index in [0.29, 0.717) is 18.6 Å². The average Bonchev–Trinajstić information content (AvgIpc) is 2.04. The van der Waals surface area contributed by atoms with Crippen molar-refractivity contribution in [2.24, 2.45) is 5.92 Å². The van der Waals surface area contributed by atoms with Crippen molar-refractivity contribution >= 4 is 6.09 Å². The smallest absolute Gasteiger partial charge is 0.407 e. The monoisotopic (exact) mass is 153 g/mol.